The molecule has 0 N–H and O–H groups in total. The number of likely N-dealkylation sites (N-methyl/N-ethyl adjacent to an activating group) is 1. The van der Waals surface area contributed by atoms with E-state index in [9.17, 15) is 0 Å². The molecule has 1 aliphatic rings. The average Bonchev–Trinajstić information content (AvgIpc) is 3.87. The van der Waals surface area contributed by atoms with Gasteiger partial charge in [-0.1, -0.05) is 171 Å². The third kappa shape index (κ3) is 6.12. The molecule has 6 aromatic rings. The molecule has 0 radical (unpaired) electrons. The minimum Gasteiger partial charge on any atom is -0.492 e. The van der Waals surface area contributed by atoms with Gasteiger partial charge < -0.3 is 4.74 Å². The summed E-state index contributed by atoms with van der Waals surface area (Å²) in [6, 6.07) is 63.6. The van der Waals surface area contributed by atoms with E-state index in [2.05, 4.69) is 195 Å². The van der Waals surface area contributed by atoms with Crippen molar-refractivity contribution in [3.05, 3.63) is 209 Å². The summed E-state index contributed by atoms with van der Waals surface area (Å²) >= 11 is 0. The van der Waals surface area contributed by atoms with Gasteiger partial charge in [0.05, 0.1) is 0 Å². The van der Waals surface area contributed by atoms with E-state index >= 15 is 0 Å². The van der Waals surface area contributed by atoms with Crippen molar-refractivity contribution in [2.45, 2.75) is 30.7 Å². The zero-order valence-corrected chi connectivity index (χ0v) is 27.9. The van der Waals surface area contributed by atoms with Gasteiger partial charge in [-0.05, 0) is 70.1 Å². The maximum Gasteiger partial charge on any atom is 0.119 e. The van der Waals surface area contributed by atoms with Gasteiger partial charge in [0.2, 0.25) is 0 Å². The third-order valence-corrected chi connectivity index (χ3v) is 10.00. The molecule has 7 rings (SSSR count). The Hall–Kier alpha value is -5.18. The van der Waals surface area contributed by atoms with E-state index < -0.39 is 0 Å². The van der Waals surface area contributed by atoms with Crippen LogP contribution in [0, 0.1) is 0 Å². The van der Waals surface area contributed by atoms with Crippen LogP contribution in [-0.2, 0) is 5.41 Å². The molecule has 2 unspecified atom stereocenters. The Morgan fingerprint density at radius 3 is 1.54 bits per heavy atom. The first-order chi connectivity index (χ1) is 23.7. The van der Waals surface area contributed by atoms with Gasteiger partial charge in [-0.2, -0.15) is 0 Å². The van der Waals surface area contributed by atoms with Crippen LogP contribution in [0.5, 0.6) is 5.75 Å². The highest BCUT2D eigenvalue weighted by Gasteiger charge is 2.68. The molecule has 0 aliphatic heterocycles. The SMILES string of the molecule is CC/C(=C(\c1ccccc1)c1ccc(OCCN(C)C2C(c3ccccc3)C2(c2ccccc2)c2ccccc2)cc1)c1ccccc1. The van der Waals surface area contributed by atoms with E-state index in [0.29, 0.717) is 18.6 Å². The topological polar surface area (TPSA) is 12.5 Å². The molecule has 2 nitrogen and oxygen atoms in total. The highest BCUT2D eigenvalue weighted by atomic mass is 16.5. The Bertz CT molecular complexity index is 1880. The van der Waals surface area contributed by atoms with E-state index in [4.69, 9.17) is 4.74 Å². The summed E-state index contributed by atoms with van der Waals surface area (Å²) in [6.45, 7) is 3.67. The third-order valence-electron chi connectivity index (χ3n) is 10.00. The van der Waals surface area contributed by atoms with Crippen molar-refractivity contribution in [3.63, 3.8) is 0 Å². The molecule has 238 valence electrons. The zero-order valence-electron chi connectivity index (χ0n) is 27.9. The van der Waals surface area contributed by atoms with Gasteiger partial charge in [0, 0.05) is 23.9 Å². The second-order valence-corrected chi connectivity index (χ2v) is 12.7. The summed E-state index contributed by atoms with van der Waals surface area (Å²) in [5.41, 5.74) is 10.3. The number of benzene rings is 6. The fourth-order valence-corrected chi connectivity index (χ4v) is 7.82. The zero-order chi connectivity index (χ0) is 32.8. The number of ether oxygens (including phenoxy) is 1. The highest BCUT2D eigenvalue weighted by Crippen LogP contribution is 2.66. The lowest BCUT2D eigenvalue weighted by Crippen LogP contribution is -2.32. The van der Waals surface area contributed by atoms with E-state index in [-0.39, 0.29) is 5.41 Å². The lowest BCUT2D eigenvalue weighted by atomic mass is 9.83. The molecule has 6 aromatic carbocycles. The maximum absolute atomic E-state index is 6.43. The molecule has 1 fully saturated rings. The van der Waals surface area contributed by atoms with Crippen LogP contribution in [0.4, 0.5) is 0 Å². The Balaban J connectivity index is 1.12. The van der Waals surface area contributed by atoms with Crippen molar-refractivity contribution in [2.24, 2.45) is 0 Å². The van der Waals surface area contributed by atoms with Crippen molar-refractivity contribution >= 4 is 11.1 Å². The van der Waals surface area contributed by atoms with Crippen LogP contribution in [0.25, 0.3) is 11.1 Å². The molecule has 0 amide bonds. The molecular formula is C46H43NO. The molecule has 0 saturated heterocycles. The standard InChI is InChI=1S/C46H43NO/c1-3-42(35-19-9-4-10-20-35)43(36-21-11-5-12-22-36)37-29-31-41(32-30-37)48-34-33-47(2)45-44(38-23-13-6-14-24-38)46(45,39-25-15-7-16-26-39)40-27-17-8-18-28-40/h4-32,44-45H,3,33-34H2,1-2H3/b43-42-. The largest absolute Gasteiger partial charge is 0.492 e. The van der Waals surface area contributed by atoms with E-state index in [1.807, 2.05) is 0 Å². The van der Waals surface area contributed by atoms with Crippen LogP contribution in [0.3, 0.4) is 0 Å². The quantitative estimate of drug-likeness (QED) is 0.126. The van der Waals surface area contributed by atoms with Crippen molar-refractivity contribution in [2.75, 3.05) is 20.2 Å². The first kappa shape index (κ1) is 31.4. The second kappa shape index (κ2) is 14.3. The molecule has 0 bridgehead atoms. The van der Waals surface area contributed by atoms with Crippen LogP contribution in [0.15, 0.2) is 176 Å². The van der Waals surface area contributed by atoms with Crippen molar-refractivity contribution < 1.29 is 4.74 Å². The van der Waals surface area contributed by atoms with Gasteiger partial charge in [0.1, 0.15) is 12.4 Å². The molecule has 2 atom stereocenters. The van der Waals surface area contributed by atoms with Crippen LogP contribution in [-0.4, -0.2) is 31.1 Å². The predicted octanol–water partition coefficient (Wildman–Crippen LogP) is 10.5. The fraction of sp³-hybridized carbons (Fsp3) is 0.174. The van der Waals surface area contributed by atoms with Gasteiger partial charge in [-0.3, -0.25) is 4.90 Å². The van der Waals surface area contributed by atoms with Gasteiger partial charge in [-0.15, -0.1) is 0 Å². The smallest absolute Gasteiger partial charge is 0.119 e. The van der Waals surface area contributed by atoms with E-state index in [0.717, 1.165) is 18.7 Å². The molecular weight excluding hydrogens is 583 g/mol. The lowest BCUT2D eigenvalue weighted by Gasteiger charge is -2.24. The molecule has 1 saturated carbocycles. The van der Waals surface area contributed by atoms with Gasteiger partial charge >= 0.3 is 0 Å². The van der Waals surface area contributed by atoms with Crippen molar-refractivity contribution in [1.29, 1.82) is 0 Å². The van der Waals surface area contributed by atoms with Crippen LogP contribution < -0.4 is 4.74 Å². The van der Waals surface area contributed by atoms with Crippen LogP contribution >= 0.6 is 0 Å². The monoisotopic (exact) mass is 625 g/mol. The first-order valence-corrected chi connectivity index (χ1v) is 17.1. The Morgan fingerprint density at radius 2 is 1.02 bits per heavy atom. The molecule has 48 heavy (non-hydrogen) atoms. The van der Waals surface area contributed by atoms with E-state index in [1.54, 1.807) is 0 Å². The summed E-state index contributed by atoms with van der Waals surface area (Å²) in [4.78, 5) is 2.51. The molecule has 2 heteroatoms. The minimum atomic E-state index is -0.129. The number of rotatable bonds is 12. The molecule has 0 aromatic heterocycles. The Labute approximate surface area is 286 Å². The maximum atomic E-state index is 6.43. The Morgan fingerprint density at radius 1 is 0.562 bits per heavy atom. The average molecular weight is 626 g/mol. The molecule has 1 aliphatic carbocycles. The van der Waals surface area contributed by atoms with Crippen LogP contribution in [0.2, 0.25) is 0 Å². The summed E-state index contributed by atoms with van der Waals surface area (Å²) in [7, 11) is 2.26. The number of hydrogen-bond acceptors (Lipinski definition) is 2. The summed E-state index contributed by atoms with van der Waals surface area (Å²) in [6.07, 6.45) is 0.942. The highest BCUT2D eigenvalue weighted by molar-refractivity contribution is 5.98. The van der Waals surface area contributed by atoms with E-state index in [1.165, 1.54) is 44.5 Å². The normalized spacial score (nSPS) is 17.1. The van der Waals surface area contributed by atoms with Gasteiger partial charge in [0.25, 0.3) is 0 Å². The minimum absolute atomic E-state index is 0.129. The summed E-state index contributed by atoms with van der Waals surface area (Å²) in [5.74, 6) is 1.23. The summed E-state index contributed by atoms with van der Waals surface area (Å²) in [5, 5.41) is 0. The molecule has 0 spiro atoms. The lowest BCUT2D eigenvalue weighted by molar-refractivity contribution is 0.223. The van der Waals surface area contributed by atoms with Crippen molar-refractivity contribution in [1.82, 2.24) is 4.90 Å². The second-order valence-electron chi connectivity index (χ2n) is 12.7. The van der Waals surface area contributed by atoms with Crippen molar-refractivity contribution in [3.8, 4) is 5.75 Å². The Kier molecular flexibility index (Phi) is 9.36. The number of nitrogens with zero attached hydrogens (tertiary/aromatic N) is 1. The molecule has 0 heterocycles. The first-order valence-electron chi connectivity index (χ1n) is 17.1. The van der Waals surface area contributed by atoms with Gasteiger partial charge in [-0.25, -0.2) is 0 Å². The van der Waals surface area contributed by atoms with Crippen LogP contribution in [0.1, 0.15) is 52.6 Å². The summed E-state index contributed by atoms with van der Waals surface area (Å²) < 4.78 is 6.43. The fourth-order valence-electron chi connectivity index (χ4n) is 7.82. The predicted molar refractivity (Wildman–Crippen MR) is 200 cm³/mol. The van der Waals surface area contributed by atoms with Gasteiger partial charge in [0.15, 0.2) is 0 Å². The number of allylic oxidation sites excluding steroid dienone is 1. The number of hydrogen-bond donors (Lipinski definition) is 0.